The summed E-state index contributed by atoms with van der Waals surface area (Å²) in [5, 5.41) is 0. The van der Waals surface area contributed by atoms with Gasteiger partial charge in [-0.2, -0.15) is 0 Å². The molecular formula is C23H31NO2. The van der Waals surface area contributed by atoms with E-state index < -0.39 is 0 Å². The number of ether oxygens (including phenoxy) is 1. The van der Waals surface area contributed by atoms with Gasteiger partial charge in [-0.25, -0.2) is 0 Å². The summed E-state index contributed by atoms with van der Waals surface area (Å²) in [6.45, 7) is 4.99. The van der Waals surface area contributed by atoms with Crippen molar-refractivity contribution in [2.75, 3.05) is 6.61 Å². The van der Waals surface area contributed by atoms with E-state index in [1.807, 2.05) is 6.07 Å². The summed E-state index contributed by atoms with van der Waals surface area (Å²) in [5.74, 6) is 2.87. The van der Waals surface area contributed by atoms with Crippen molar-refractivity contribution in [1.29, 1.82) is 0 Å². The van der Waals surface area contributed by atoms with Crippen molar-refractivity contribution < 1.29 is 9.53 Å². The molecule has 0 spiro atoms. The van der Waals surface area contributed by atoms with E-state index in [0.717, 1.165) is 37.0 Å². The molecule has 3 unspecified atom stereocenters. The fraction of sp³-hybridized carbons (Fsp3) is 0.696. The molecule has 140 valence electrons. The molecule has 6 rings (SSSR count). The Morgan fingerprint density at radius 2 is 1.58 bits per heavy atom. The van der Waals surface area contributed by atoms with Crippen LogP contribution in [0.25, 0.3) is 0 Å². The predicted molar refractivity (Wildman–Crippen MR) is 102 cm³/mol. The Kier molecular flexibility index (Phi) is 3.93. The minimum absolute atomic E-state index is 0.00902. The molecule has 1 aromatic rings. The Bertz CT molecular complexity index is 649. The highest BCUT2D eigenvalue weighted by Crippen LogP contribution is 2.61. The fourth-order valence-electron chi connectivity index (χ4n) is 7.06. The molecular weight excluding hydrogens is 322 g/mol. The SMILES string of the molecule is CC1COC(c2ccccc2)C(C)N1C(=O)C12CC3CC(CC(C3)C1)C2. The molecule has 4 aliphatic carbocycles. The third kappa shape index (κ3) is 2.54. The molecule has 5 aliphatic rings. The average molecular weight is 354 g/mol. The maximum atomic E-state index is 13.9. The monoisotopic (exact) mass is 353 g/mol. The molecule has 1 aromatic carbocycles. The smallest absolute Gasteiger partial charge is 0.229 e. The fourth-order valence-corrected chi connectivity index (χ4v) is 7.06. The summed E-state index contributed by atoms with van der Waals surface area (Å²) >= 11 is 0. The van der Waals surface area contributed by atoms with Crippen LogP contribution in [-0.4, -0.2) is 29.5 Å². The first kappa shape index (κ1) is 16.8. The van der Waals surface area contributed by atoms with Gasteiger partial charge in [0.2, 0.25) is 5.91 Å². The van der Waals surface area contributed by atoms with Crippen LogP contribution in [0.1, 0.15) is 64.0 Å². The van der Waals surface area contributed by atoms with Gasteiger partial charge in [0.05, 0.1) is 24.1 Å². The lowest BCUT2D eigenvalue weighted by Gasteiger charge is -2.58. The van der Waals surface area contributed by atoms with Crippen molar-refractivity contribution in [3.05, 3.63) is 35.9 Å². The van der Waals surface area contributed by atoms with Crippen LogP contribution in [0, 0.1) is 23.2 Å². The van der Waals surface area contributed by atoms with Gasteiger partial charge < -0.3 is 9.64 Å². The second-order valence-electron chi connectivity index (χ2n) is 9.66. The highest BCUT2D eigenvalue weighted by molar-refractivity contribution is 5.84. The van der Waals surface area contributed by atoms with Gasteiger partial charge in [-0.05, 0) is 75.7 Å². The van der Waals surface area contributed by atoms with E-state index in [4.69, 9.17) is 4.74 Å². The number of amides is 1. The molecule has 26 heavy (non-hydrogen) atoms. The number of benzene rings is 1. The molecule has 3 atom stereocenters. The molecule has 0 N–H and O–H groups in total. The first-order chi connectivity index (χ1) is 12.6. The number of carbonyl (C=O) groups excluding carboxylic acids is 1. The molecule has 3 nitrogen and oxygen atoms in total. The summed E-state index contributed by atoms with van der Waals surface area (Å²) < 4.78 is 6.19. The van der Waals surface area contributed by atoms with Gasteiger partial charge >= 0.3 is 0 Å². The van der Waals surface area contributed by atoms with Crippen LogP contribution < -0.4 is 0 Å². The molecule has 4 bridgehead atoms. The van der Waals surface area contributed by atoms with Crippen molar-refractivity contribution in [2.45, 2.75) is 70.6 Å². The van der Waals surface area contributed by atoms with Crippen LogP contribution in [-0.2, 0) is 9.53 Å². The Hall–Kier alpha value is -1.35. The van der Waals surface area contributed by atoms with Crippen LogP contribution in [0.4, 0.5) is 0 Å². The summed E-state index contributed by atoms with van der Waals surface area (Å²) in [6, 6.07) is 10.7. The lowest BCUT2D eigenvalue weighted by Crippen LogP contribution is -2.61. The number of nitrogens with zero attached hydrogens (tertiary/aromatic N) is 1. The maximum Gasteiger partial charge on any atom is 0.229 e. The molecule has 1 saturated heterocycles. The summed E-state index contributed by atoms with van der Waals surface area (Å²) in [4.78, 5) is 16.1. The van der Waals surface area contributed by atoms with Gasteiger partial charge in [0.15, 0.2) is 0 Å². The Morgan fingerprint density at radius 3 is 2.15 bits per heavy atom. The summed E-state index contributed by atoms with van der Waals surface area (Å²) in [5.41, 5.74) is 1.13. The molecule has 0 aromatic heterocycles. The van der Waals surface area contributed by atoms with Gasteiger partial charge in [-0.15, -0.1) is 0 Å². The molecule has 0 radical (unpaired) electrons. The quantitative estimate of drug-likeness (QED) is 0.779. The number of hydrogen-bond acceptors (Lipinski definition) is 2. The second-order valence-corrected chi connectivity index (χ2v) is 9.66. The highest BCUT2D eigenvalue weighted by atomic mass is 16.5. The number of carbonyl (C=O) groups is 1. The Balaban J connectivity index is 1.43. The Labute approximate surface area is 157 Å². The zero-order chi connectivity index (χ0) is 17.9. The van der Waals surface area contributed by atoms with Gasteiger partial charge in [-0.3, -0.25) is 4.79 Å². The largest absolute Gasteiger partial charge is 0.369 e. The average Bonchev–Trinajstić information content (AvgIpc) is 2.61. The van der Waals surface area contributed by atoms with Gasteiger partial charge in [0.1, 0.15) is 6.10 Å². The van der Waals surface area contributed by atoms with E-state index in [1.165, 1.54) is 24.8 Å². The predicted octanol–water partition coefficient (Wildman–Crippen LogP) is 4.58. The minimum atomic E-state index is -0.0597. The standard InChI is InChI=1S/C23H31NO2/c1-15-14-26-21(20-6-4-3-5-7-20)16(2)24(15)22(25)23-11-17-8-18(12-23)10-19(9-17)13-23/h3-7,15-19,21H,8-14H2,1-2H3. The van der Waals surface area contributed by atoms with Gasteiger partial charge in [-0.1, -0.05) is 30.3 Å². The molecule has 1 aliphatic heterocycles. The van der Waals surface area contributed by atoms with Crippen LogP contribution in [0.5, 0.6) is 0 Å². The number of rotatable bonds is 2. The zero-order valence-electron chi connectivity index (χ0n) is 16.1. The van der Waals surface area contributed by atoms with E-state index in [1.54, 1.807) is 0 Å². The van der Waals surface area contributed by atoms with Crippen molar-refractivity contribution >= 4 is 5.91 Å². The van der Waals surface area contributed by atoms with Crippen molar-refractivity contribution in [3.8, 4) is 0 Å². The van der Waals surface area contributed by atoms with Crippen molar-refractivity contribution in [3.63, 3.8) is 0 Å². The van der Waals surface area contributed by atoms with Gasteiger partial charge in [0, 0.05) is 0 Å². The van der Waals surface area contributed by atoms with E-state index in [-0.39, 0.29) is 23.6 Å². The highest BCUT2D eigenvalue weighted by Gasteiger charge is 2.57. The minimum Gasteiger partial charge on any atom is -0.369 e. The number of morpholine rings is 1. The second kappa shape index (κ2) is 6.09. The first-order valence-electron chi connectivity index (χ1n) is 10.5. The van der Waals surface area contributed by atoms with Crippen molar-refractivity contribution in [1.82, 2.24) is 4.90 Å². The van der Waals surface area contributed by atoms with E-state index in [2.05, 4.69) is 43.0 Å². The van der Waals surface area contributed by atoms with Crippen LogP contribution in [0.2, 0.25) is 0 Å². The van der Waals surface area contributed by atoms with Gasteiger partial charge in [0.25, 0.3) is 0 Å². The van der Waals surface area contributed by atoms with E-state index in [9.17, 15) is 4.79 Å². The molecule has 4 saturated carbocycles. The van der Waals surface area contributed by atoms with Crippen molar-refractivity contribution in [2.24, 2.45) is 23.2 Å². The molecule has 5 fully saturated rings. The normalized spacial score (nSPS) is 44.3. The lowest BCUT2D eigenvalue weighted by molar-refractivity contribution is -0.177. The third-order valence-electron chi connectivity index (χ3n) is 7.72. The topological polar surface area (TPSA) is 29.5 Å². The first-order valence-corrected chi connectivity index (χ1v) is 10.5. The molecule has 1 heterocycles. The van der Waals surface area contributed by atoms with Crippen LogP contribution >= 0.6 is 0 Å². The molecule has 1 amide bonds. The summed E-state index contributed by atoms with van der Waals surface area (Å²) in [6.07, 6.45) is 7.57. The molecule has 3 heteroatoms. The van der Waals surface area contributed by atoms with Crippen LogP contribution in [0.15, 0.2) is 30.3 Å². The summed E-state index contributed by atoms with van der Waals surface area (Å²) in [7, 11) is 0. The maximum absolute atomic E-state index is 13.9. The Morgan fingerprint density at radius 1 is 1.00 bits per heavy atom. The lowest BCUT2D eigenvalue weighted by atomic mass is 9.49. The van der Waals surface area contributed by atoms with E-state index in [0.29, 0.717) is 12.5 Å². The zero-order valence-corrected chi connectivity index (χ0v) is 16.1. The third-order valence-corrected chi connectivity index (χ3v) is 7.72. The van der Waals surface area contributed by atoms with Crippen LogP contribution in [0.3, 0.4) is 0 Å². The number of hydrogen-bond donors (Lipinski definition) is 0. The van der Waals surface area contributed by atoms with E-state index >= 15 is 0 Å².